The zero-order valence-electron chi connectivity index (χ0n) is 15.6. The summed E-state index contributed by atoms with van der Waals surface area (Å²) in [6.45, 7) is 8.41. The minimum Gasteiger partial charge on any atom is -0.507 e. The average Bonchev–Trinajstić information content (AvgIpc) is 2.51. The van der Waals surface area contributed by atoms with Crippen LogP contribution in [0.25, 0.3) is 10.8 Å². The number of carbonyl (C=O) groups is 2. The number of carbonyl (C=O) groups excluding carboxylic acids is 2. The standard InChI is InChI=1S/C21H24N2O3/c1-20(2)10-12(11-21(3,4)22-20)23-18(25)14-7-5-6-13-16(24)9-8-15(17(13)14)19(23)26/h5-9,12,22,24H,10-11H2,1-4H3. The van der Waals surface area contributed by atoms with E-state index in [0.717, 1.165) is 0 Å². The van der Waals surface area contributed by atoms with Crippen LogP contribution >= 0.6 is 0 Å². The van der Waals surface area contributed by atoms with Gasteiger partial charge in [0.2, 0.25) is 0 Å². The molecule has 1 saturated heterocycles. The molecule has 2 N–H and O–H groups in total. The molecule has 5 nitrogen and oxygen atoms in total. The Morgan fingerprint density at radius 1 is 0.962 bits per heavy atom. The van der Waals surface area contributed by atoms with Crippen LogP contribution in [0.2, 0.25) is 0 Å². The molecule has 0 atom stereocenters. The third-order valence-electron chi connectivity index (χ3n) is 5.45. The number of phenols is 1. The second-order valence-electron chi connectivity index (χ2n) is 8.80. The van der Waals surface area contributed by atoms with Crippen LogP contribution in [0.5, 0.6) is 5.75 Å². The highest BCUT2D eigenvalue weighted by Gasteiger charge is 2.45. The van der Waals surface area contributed by atoms with Gasteiger partial charge in [-0.3, -0.25) is 14.5 Å². The Bertz CT molecular complexity index is 907. The van der Waals surface area contributed by atoms with E-state index in [0.29, 0.717) is 34.7 Å². The van der Waals surface area contributed by atoms with Gasteiger partial charge in [-0.2, -0.15) is 0 Å². The van der Waals surface area contributed by atoms with E-state index in [9.17, 15) is 14.7 Å². The Morgan fingerprint density at radius 3 is 2.15 bits per heavy atom. The summed E-state index contributed by atoms with van der Waals surface area (Å²) in [6.07, 6.45) is 1.41. The number of rotatable bonds is 1. The topological polar surface area (TPSA) is 69.6 Å². The molecule has 2 aliphatic rings. The number of benzene rings is 2. The second kappa shape index (κ2) is 5.30. The number of aromatic hydroxyl groups is 1. The number of phenolic OH excluding ortho intramolecular Hbond substituents is 1. The molecule has 2 aliphatic heterocycles. The minimum atomic E-state index is -0.266. The number of imide groups is 1. The number of nitrogens with zero attached hydrogens (tertiary/aromatic N) is 1. The summed E-state index contributed by atoms with van der Waals surface area (Å²) in [5, 5.41) is 14.8. The Kier molecular flexibility index (Phi) is 3.47. The summed E-state index contributed by atoms with van der Waals surface area (Å²) >= 11 is 0. The van der Waals surface area contributed by atoms with Crippen LogP contribution in [0, 0.1) is 0 Å². The molecule has 5 heteroatoms. The summed E-state index contributed by atoms with van der Waals surface area (Å²) in [5.41, 5.74) is 0.631. The molecular weight excluding hydrogens is 328 g/mol. The molecule has 0 radical (unpaired) electrons. The first kappa shape index (κ1) is 17.0. The molecule has 0 spiro atoms. The normalized spacial score (nSPS) is 22.1. The van der Waals surface area contributed by atoms with Crippen molar-refractivity contribution in [1.29, 1.82) is 0 Å². The van der Waals surface area contributed by atoms with E-state index in [1.54, 1.807) is 24.3 Å². The van der Waals surface area contributed by atoms with Crippen molar-refractivity contribution in [2.75, 3.05) is 0 Å². The highest BCUT2D eigenvalue weighted by molar-refractivity contribution is 6.26. The van der Waals surface area contributed by atoms with E-state index in [1.165, 1.54) is 11.0 Å². The molecule has 0 bridgehead atoms. The molecule has 0 aromatic heterocycles. The largest absolute Gasteiger partial charge is 0.507 e. The number of nitrogens with one attached hydrogen (secondary N) is 1. The van der Waals surface area contributed by atoms with E-state index in [1.807, 2.05) is 0 Å². The van der Waals surface area contributed by atoms with Crippen LogP contribution in [0.3, 0.4) is 0 Å². The highest BCUT2D eigenvalue weighted by Crippen LogP contribution is 2.39. The lowest BCUT2D eigenvalue weighted by Gasteiger charge is -2.49. The van der Waals surface area contributed by atoms with Crippen LogP contribution in [0.1, 0.15) is 61.3 Å². The van der Waals surface area contributed by atoms with Gasteiger partial charge in [0.05, 0.1) is 0 Å². The van der Waals surface area contributed by atoms with Crippen molar-refractivity contribution in [3.05, 3.63) is 41.5 Å². The highest BCUT2D eigenvalue weighted by atomic mass is 16.3. The first-order chi connectivity index (χ1) is 12.1. The predicted octanol–water partition coefficient (Wildman–Crippen LogP) is 3.45. The fourth-order valence-corrected chi connectivity index (χ4v) is 4.88. The van der Waals surface area contributed by atoms with Crippen molar-refractivity contribution in [3.8, 4) is 5.75 Å². The number of piperidine rings is 1. The van der Waals surface area contributed by atoms with E-state index >= 15 is 0 Å². The van der Waals surface area contributed by atoms with Gasteiger partial charge in [-0.25, -0.2) is 0 Å². The van der Waals surface area contributed by atoms with Crippen molar-refractivity contribution in [2.24, 2.45) is 0 Å². The van der Waals surface area contributed by atoms with Crippen LogP contribution in [-0.4, -0.2) is 38.9 Å². The number of hydrogen-bond donors (Lipinski definition) is 2. The lowest BCUT2D eigenvalue weighted by Crippen LogP contribution is -2.63. The van der Waals surface area contributed by atoms with E-state index in [-0.39, 0.29) is 34.7 Å². The first-order valence-corrected chi connectivity index (χ1v) is 9.02. The maximum Gasteiger partial charge on any atom is 0.261 e. The quantitative estimate of drug-likeness (QED) is 0.771. The van der Waals surface area contributed by atoms with Crippen molar-refractivity contribution < 1.29 is 14.7 Å². The summed E-state index contributed by atoms with van der Waals surface area (Å²) in [5.74, 6) is -0.446. The van der Waals surface area contributed by atoms with Crippen molar-refractivity contribution in [1.82, 2.24) is 10.2 Å². The van der Waals surface area contributed by atoms with Crippen LogP contribution < -0.4 is 5.32 Å². The van der Waals surface area contributed by atoms with Crippen LogP contribution in [0.4, 0.5) is 0 Å². The van der Waals surface area contributed by atoms with Crippen molar-refractivity contribution in [2.45, 2.75) is 57.7 Å². The van der Waals surface area contributed by atoms with Gasteiger partial charge in [0, 0.05) is 39.0 Å². The molecule has 2 amide bonds. The third kappa shape index (κ3) is 2.50. The van der Waals surface area contributed by atoms with Crippen molar-refractivity contribution in [3.63, 3.8) is 0 Å². The SMILES string of the molecule is CC1(C)CC(N2C(=O)c3cccc4c(O)ccc(c34)C2=O)CC(C)(C)N1. The van der Waals surface area contributed by atoms with Crippen LogP contribution in [0.15, 0.2) is 30.3 Å². The lowest BCUT2D eigenvalue weighted by atomic mass is 9.78. The zero-order valence-corrected chi connectivity index (χ0v) is 15.6. The smallest absolute Gasteiger partial charge is 0.261 e. The number of hydrogen-bond acceptors (Lipinski definition) is 4. The first-order valence-electron chi connectivity index (χ1n) is 9.02. The summed E-state index contributed by atoms with van der Waals surface area (Å²) in [4.78, 5) is 27.9. The molecule has 0 unspecified atom stereocenters. The molecular formula is C21H24N2O3. The van der Waals surface area contributed by atoms with Gasteiger partial charge >= 0.3 is 0 Å². The van der Waals surface area contributed by atoms with Gasteiger partial charge in [-0.15, -0.1) is 0 Å². The van der Waals surface area contributed by atoms with Gasteiger partial charge in [0.25, 0.3) is 11.8 Å². The summed E-state index contributed by atoms with van der Waals surface area (Å²) in [6, 6.07) is 8.22. The van der Waals surface area contributed by atoms with Crippen LogP contribution in [-0.2, 0) is 0 Å². The van der Waals surface area contributed by atoms with Gasteiger partial charge in [-0.05, 0) is 58.7 Å². The predicted molar refractivity (Wildman–Crippen MR) is 100 cm³/mol. The summed E-state index contributed by atoms with van der Waals surface area (Å²) < 4.78 is 0. The van der Waals surface area contributed by atoms with E-state index in [4.69, 9.17) is 0 Å². The van der Waals surface area contributed by atoms with Gasteiger partial charge in [0.1, 0.15) is 5.75 Å². The zero-order chi connectivity index (χ0) is 18.9. The van der Waals surface area contributed by atoms with Gasteiger partial charge in [-0.1, -0.05) is 12.1 Å². The van der Waals surface area contributed by atoms with Gasteiger partial charge < -0.3 is 10.4 Å². The summed E-state index contributed by atoms with van der Waals surface area (Å²) in [7, 11) is 0. The molecule has 136 valence electrons. The molecule has 2 aromatic rings. The van der Waals surface area contributed by atoms with E-state index < -0.39 is 0 Å². The molecule has 26 heavy (non-hydrogen) atoms. The van der Waals surface area contributed by atoms with Gasteiger partial charge in [0.15, 0.2) is 0 Å². The molecule has 4 rings (SSSR count). The molecule has 1 fully saturated rings. The lowest BCUT2D eigenvalue weighted by molar-refractivity contribution is 0.0370. The second-order valence-corrected chi connectivity index (χ2v) is 8.80. The van der Waals surface area contributed by atoms with Crippen molar-refractivity contribution >= 4 is 22.6 Å². The minimum absolute atomic E-state index is 0.0868. The molecule has 2 heterocycles. The Balaban J connectivity index is 1.85. The fourth-order valence-electron chi connectivity index (χ4n) is 4.88. The van der Waals surface area contributed by atoms with E-state index in [2.05, 4.69) is 33.0 Å². The Labute approximate surface area is 153 Å². The maximum absolute atomic E-state index is 13.2. The molecule has 0 saturated carbocycles. The molecule has 0 aliphatic carbocycles. The average molecular weight is 352 g/mol. The Hall–Kier alpha value is -2.40. The Morgan fingerprint density at radius 2 is 1.54 bits per heavy atom. The monoisotopic (exact) mass is 352 g/mol. The fraction of sp³-hybridized carbons (Fsp3) is 0.429. The number of amides is 2. The maximum atomic E-state index is 13.2. The third-order valence-corrected chi connectivity index (χ3v) is 5.45. The molecule has 2 aromatic carbocycles.